The number of pyridine rings is 1. The molecule has 0 bridgehead atoms. The smallest absolute Gasteiger partial charge is 0.160 e. The van der Waals surface area contributed by atoms with Crippen LogP contribution in [0, 0.1) is 5.92 Å². The summed E-state index contributed by atoms with van der Waals surface area (Å²) in [5.74, 6) is 4.39. The molecule has 3 heterocycles. The van der Waals surface area contributed by atoms with E-state index in [2.05, 4.69) is 32.6 Å². The number of rotatable bonds is 3. The minimum absolute atomic E-state index is 0.562. The summed E-state index contributed by atoms with van der Waals surface area (Å²) in [7, 11) is 0. The van der Waals surface area contributed by atoms with Crippen molar-refractivity contribution >= 4 is 17.4 Å². The number of hydrogen-bond acceptors (Lipinski definition) is 4. The monoisotopic (exact) mass is 262 g/mol. The van der Waals surface area contributed by atoms with E-state index < -0.39 is 0 Å². The van der Waals surface area contributed by atoms with Crippen LogP contribution in [0.3, 0.4) is 0 Å². The zero-order chi connectivity index (χ0) is 12.4. The molecule has 0 saturated carbocycles. The Bertz CT molecular complexity index is 531. The van der Waals surface area contributed by atoms with E-state index in [4.69, 9.17) is 5.73 Å². The lowest BCUT2D eigenvalue weighted by molar-refractivity contribution is 0.506. The molecule has 5 heteroatoms. The van der Waals surface area contributed by atoms with Gasteiger partial charge in [-0.25, -0.2) is 0 Å². The fourth-order valence-electron chi connectivity index (χ4n) is 2.47. The molecule has 4 nitrogen and oxygen atoms in total. The SMILES string of the molecule is NCc1ccc2nnc(CC3CCCSC3)n2c1. The molecule has 3 rings (SSSR count). The zero-order valence-electron chi connectivity index (χ0n) is 10.4. The fraction of sp³-hybridized carbons (Fsp3) is 0.538. The van der Waals surface area contributed by atoms with Gasteiger partial charge < -0.3 is 5.73 Å². The predicted molar refractivity (Wildman–Crippen MR) is 74.6 cm³/mol. The van der Waals surface area contributed by atoms with Gasteiger partial charge in [0.15, 0.2) is 5.65 Å². The summed E-state index contributed by atoms with van der Waals surface area (Å²) in [4.78, 5) is 0. The van der Waals surface area contributed by atoms with E-state index in [0.29, 0.717) is 6.54 Å². The average Bonchev–Trinajstić information content (AvgIpc) is 2.82. The van der Waals surface area contributed by atoms with E-state index in [0.717, 1.165) is 29.4 Å². The molecule has 0 spiro atoms. The fourth-order valence-corrected chi connectivity index (χ4v) is 3.62. The maximum atomic E-state index is 5.69. The Morgan fingerprint density at radius 2 is 2.33 bits per heavy atom. The van der Waals surface area contributed by atoms with E-state index in [9.17, 15) is 0 Å². The highest BCUT2D eigenvalue weighted by Crippen LogP contribution is 2.25. The van der Waals surface area contributed by atoms with E-state index >= 15 is 0 Å². The Morgan fingerprint density at radius 1 is 1.39 bits per heavy atom. The molecule has 18 heavy (non-hydrogen) atoms. The van der Waals surface area contributed by atoms with Crippen LogP contribution in [-0.4, -0.2) is 26.1 Å². The first-order valence-corrected chi connectivity index (χ1v) is 7.62. The quantitative estimate of drug-likeness (QED) is 0.917. The van der Waals surface area contributed by atoms with Gasteiger partial charge in [0.05, 0.1) is 0 Å². The molecule has 1 aliphatic rings. The van der Waals surface area contributed by atoms with Crippen LogP contribution in [0.5, 0.6) is 0 Å². The summed E-state index contributed by atoms with van der Waals surface area (Å²) >= 11 is 2.06. The Labute approximate surface area is 111 Å². The van der Waals surface area contributed by atoms with E-state index in [1.165, 1.54) is 24.3 Å². The summed E-state index contributed by atoms with van der Waals surface area (Å²) < 4.78 is 2.10. The molecule has 2 N–H and O–H groups in total. The highest BCUT2D eigenvalue weighted by Gasteiger charge is 2.17. The average molecular weight is 262 g/mol. The highest BCUT2D eigenvalue weighted by atomic mass is 32.2. The van der Waals surface area contributed by atoms with Crippen molar-refractivity contribution in [1.82, 2.24) is 14.6 Å². The molecule has 1 saturated heterocycles. The lowest BCUT2D eigenvalue weighted by atomic mass is 10.0. The topological polar surface area (TPSA) is 56.2 Å². The van der Waals surface area contributed by atoms with Crippen molar-refractivity contribution in [2.75, 3.05) is 11.5 Å². The van der Waals surface area contributed by atoms with Gasteiger partial charge in [-0.1, -0.05) is 6.07 Å². The van der Waals surface area contributed by atoms with Crippen molar-refractivity contribution in [2.45, 2.75) is 25.8 Å². The van der Waals surface area contributed by atoms with Gasteiger partial charge in [-0.2, -0.15) is 11.8 Å². The minimum Gasteiger partial charge on any atom is -0.326 e. The van der Waals surface area contributed by atoms with Crippen LogP contribution < -0.4 is 5.73 Å². The highest BCUT2D eigenvalue weighted by molar-refractivity contribution is 7.99. The molecule has 0 radical (unpaired) electrons. The second-order valence-electron chi connectivity index (χ2n) is 4.87. The van der Waals surface area contributed by atoms with E-state index in [1.54, 1.807) is 0 Å². The van der Waals surface area contributed by atoms with Crippen LogP contribution in [-0.2, 0) is 13.0 Å². The summed E-state index contributed by atoms with van der Waals surface area (Å²) in [6.07, 6.45) is 5.75. The van der Waals surface area contributed by atoms with Gasteiger partial charge in [0, 0.05) is 19.2 Å². The predicted octanol–water partition coefficient (Wildman–Crippen LogP) is 1.87. The lowest BCUT2D eigenvalue weighted by Crippen LogP contribution is -2.15. The van der Waals surface area contributed by atoms with Crippen LogP contribution in [0.15, 0.2) is 18.3 Å². The van der Waals surface area contributed by atoms with Gasteiger partial charge in [-0.3, -0.25) is 4.40 Å². The minimum atomic E-state index is 0.562. The van der Waals surface area contributed by atoms with Crippen LogP contribution in [0.2, 0.25) is 0 Å². The van der Waals surface area contributed by atoms with Crippen molar-refractivity contribution in [3.8, 4) is 0 Å². The van der Waals surface area contributed by atoms with E-state index in [-0.39, 0.29) is 0 Å². The number of nitrogens with two attached hydrogens (primary N) is 1. The number of thioether (sulfide) groups is 1. The molecule has 0 aliphatic carbocycles. The number of nitrogens with zero attached hydrogens (tertiary/aromatic N) is 3. The van der Waals surface area contributed by atoms with Gasteiger partial charge >= 0.3 is 0 Å². The van der Waals surface area contributed by atoms with Gasteiger partial charge in [-0.05, 0) is 41.9 Å². The first-order valence-electron chi connectivity index (χ1n) is 6.47. The van der Waals surface area contributed by atoms with Crippen molar-refractivity contribution in [3.05, 3.63) is 29.7 Å². The number of fused-ring (bicyclic) bond motifs is 1. The largest absolute Gasteiger partial charge is 0.326 e. The van der Waals surface area contributed by atoms with Gasteiger partial charge in [0.25, 0.3) is 0 Å². The molecule has 0 amide bonds. The third kappa shape index (κ3) is 2.37. The zero-order valence-corrected chi connectivity index (χ0v) is 11.2. The van der Waals surface area contributed by atoms with Crippen LogP contribution in [0.1, 0.15) is 24.2 Å². The van der Waals surface area contributed by atoms with Gasteiger partial charge in [0.2, 0.25) is 0 Å². The Hall–Kier alpha value is -1.07. The van der Waals surface area contributed by atoms with Crippen molar-refractivity contribution < 1.29 is 0 Å². The van der Waals surface area contributed by atoms with Crippen molar-refractivity contribution in [1.29, 1.82) is 0 Å². The first kappa shape index (κ1) is 12.0. The summed E-state index contributed by atoms with van der Waals surface area (Å²) in [5.41, 5.74) is 7.73. The molecule has 2 aromatic heterocycles. The second-order valence-corrected chi connectivity index (χ2v) is 6.02. The van der Waals surface area contributed by atoms with Crippen LogP contribution in [0.4, 0.5) is 0 Å². The normalized spacial score (nSPS) is 20.4. The number of hydrogen-bond donors (Lipinski definition) is 1. The second kappa shape index (κ2) is 5.28. The molecule has 1 aliphatic heterocycles. The summed E-state index contributed by atoms with van der Waals surface area (Å²) in [6.45, 7) is 0.562. The molecule has 1 fully saturated rings. The Morgan fingerprint density at radius 3 is 3.11 bits per heavy atom. The third-order valence-corrected chi connectivity index (χ3v) is 4.78. The third-order valence-electron chi connectivity index (χ3n) is 3.50. The maximum absolute atomic E-state index is 5.69. The van der Waals surface area contributed by atoms with Crippen molar-refractivity contribution in [3.63, 3.8) is 0 Å². The number of aromatic nitrogens is 3. The van der Waals surface area contributed by atoms with Crippen molar-refractivity contribution in [2.24, 2.45) is 11.7 Å². The Kier molecular flexibility index (Phi) is 3.52. The van der Waals surface area contributed by atoms with E-state index in [1.807, 2.05) is 12.1 Å². The molecule has 2 aromatic rings. The van der Waals surface area contributed by atoms with Gasteiger partial charge in [0.1, 0.15) is 5.82 Å². The molecule has 0 aromatic carbocycles. The first-order chi connectivity index (χ1) is 8.86. The summed E-state index contributed by atoms with van der Waals surface area (Å²) in [6, 6.07) is 4.01. The molecule has 96 valence electrons. The van der Waals surface area contributed by atoms with Gasteiger partial charge in [-0.15, -0.1) is 10.2 Å². The molecular formula is C13H18N4S. The molecule has 1 unspecified atom stereocenters. The molecule has 1 atom stereocenters. The maximum Gasteiger partial charge on any atom is 0.160 e. The molecular weight excluding hydrogens is 244 g/mol. The standard InChI is InChI=1S/C13H18N4S/c14-7-11-3-4-12-15-16-13(17(12)8-11)6-10-2-1-5-18-9-10/h3-4,8,10H,1-2,5-7,9,14H2. The Balaban J connectivity index is 1.86. The van der Waals surface area contributed by atoms with Crippen LogP contribution >= 0.6 is 11.8 Å². The van der Waals surface area contributed by atoms with Crippen LogP contribution in [0.25, 0.3) is 5.65 Å². The lowest BCUT2D eigenvalue weighted by Gasteiger charge is -2.20. The summed E-state index contributed by atoms with van der Waals surface area (Å²) in [5, 5.41) is 8.55.